The Hall–Kier alpha value is -1.92. The van der Waals surface area contributed by atoms with Crippen molar-refractivity contribution in [1.29, 1.82) is 0 Å². The van der Waals surface area contributed by atoms with Gasteiger partial charge in [0.2, 0.25) is 5.88 Å². The summed E-state index contributed by atoms with van der Waals surface area (Å²) < 4.78 is 10.4. The zero-order chi connectivity index (χ0) is 15.4. The molecule has 0 unspecified atom stereocenters. The van der Waals surface area contributed by atoms with Crippen LogP contribution >= 0.6 is 0 Å². The van der Waals surface area contributed by atoms with E-state index in [0.717, 1.165) is 50.7 Å². The van der Waals surface area contributed by atoms with E-state index < -0.39 is 0 Å². The molecule has 0 bridgehead atoms. The van der Waals surface area contributed by atoms with Crippen molar-refractivity contribution in [3.8, 4) is 5.88 Å². The fourth-order valence-corrected chi connectivity index (χ4v) is 2.70. The normalized spacial score (nSPS) is 16.8. The molecular weight excluding hydrogens is 280 g/mol. The monoisotopic (exact) mass is 302 g/mol. The van der Waals surface area contributed by atoms with Crippen LogP contribution in [0.2, 0.25) is 0 Å². The Morgan fingerprint density at radius 2 is 1.86 bits per heavy atom. The highest BCUT2D eigenvalue weighted by molar-refractivity contribution is 5.17. The zero-order valence-corrected chi connectivity index (χ0v) is 13.2. The molecule has 2 aromatic rings. The number of rotatable bonds is 5. The van der Waals surface area contributed by atoms with Gasteiger partial charge in [-0.1, -0.05) is 11.2 Å². The Morgan fingerprint density at radius 1 is 1.14 bits per heavy atom. The summed E-state index contributed by atoms with van der Waals surface area (Å²) in [5.41, 5.74) is 2.17. The van der Waals surface area contributed by atoms with Crippen LogP contribution in [0.15, 0.2) is 28.9 Å². The number of hydrogen-bond acceptors (Lipinski definition) is 6. The van der Waals surface area contributed by atoms with Crippen LogP contribution in [0.5, 0.6) is 5.88 Å². The van der Waals surface area contributed by atoms with Crippen molar-refractivity contribution in [3.05, 3.63) is 41.4 Å². The average Bonchev–Trinajstić information content (AvgIpc) is 2.95. The molecule has 0 aliphatic carbocycles. The van der Waals surface area contributed by atoms with E-state index in [-0.39, 0.29) is 0 Å². The second kappa shape index (κ2) is 6.89. The van der Waals surface area contributed by atoms with E-state index in [1.165, 1.54) is 5.56 Å². The van der Waals surface area contributed by atoms with E-state index in [0.29, 0.717) is 5.88 Å². The molecule has 6 heteroatoms. The van der Waals surface area contributed by atoms with Gasteiger partial charge in [0.25, 0.3) is 0 Å². The summed E-state index contributed by atoms with van der Waals surface area (Å²) in [6.07, 6.45) is 1.89. The summed E-state index contributed by atoms with van der Waals surface area (Å²) in [5, 5.41) is 3.94. The van der Waals surface area contributed by atoms with Crippen LogP contribution < -0.4 is 4.74 Å². The number of nitrogens with zero attached hydrogens (tertiary/aromatic N) is 4. The maximum atomic E-state index is 5.29. The third-order valence-corrected chi connectivity index (χ3v) is 3.93. The van der Waals surface area contributed by atoms with E-state index >= 15 is 0 Å². The lowest BCUT2D eigenvalue weighted by molar-refractivity contribution is 0.113. The summed E-state index contributed by atoms with van der Waals surface area (Å²) in [7, 11) is 1.64. The minimum absolute atomic E-state index is 0.663. The molecule has 3 rings (SSSR count). The second-order valence-corrected chi connectivity index (χ2v) is 5.70. The molecule has 1 fully saturated rings. The highest BCUT2D eigenvalue weighted by Crippen LogP contribution is 2.13. The lowest BCUT2D eigenvalue weighted by Crippen LogP contribution is -2.45. The molecule has 0 N–H and O–H groups in total. The first kappa shape index (κ1) is 15.0. The smallest absolute Gasteiger partial charge is 0.212 e. The Labute approximate surface area is 130 Å². The Kier molecular flexibility index (Phi) is 4.70. The molecular formula is C16H22N4O2. The maximum Gasteiger partial charge on any atom is 0.212 e. The van der Waals surface area contributed by atoms with Gasteiger partial charge in [-0.2, -0.15) is 0 Å². The minimum Gasteiger partial charge on any atom is -0.481 e. The Balaban J connectivity index is 1.46. The lowest BCUT2D eigenvalue weighted by Gasteiger charge is -2.34. The quantitative estimate of drug-likeness (QED) is 0.838. The van der Waals surface area contributed by atoms with Crippen LogP contribution in [-0.2, 0) is 13.1 Å². The van der Waals surface area contributed by atoms with Crippen LogP contribution in [0.1, 0.15) is 17.0 Å². The van der Waals surface area contributed by atoms with Gasteiger partial charge in [-0.05, 0) is 12.5 Å². The number of pyridine rings is 1. The molecule has 1 aliphatic heterocycles. The van der Waals surface area contributed by atoms with E-state index in [4.69, 9.17) is 9.26 Å². The number of methoxy groups -OCH3 is 1. The van der Waals surface area contributed by atoms with Crippen molar-refractivity contribution >= 4 is 0 Å². The van der Waals surface area contributed by atoms with Crippen molar-refractivity contribution in [3.63, 3.8) is 0 Å². The highest BCUT2D eigenvalue weighted by Gasteiger charge is 2.18. The Morgan fingerprint density at radius 3 is 2.41 bits per heavy atom. The zero-order valence-electron chi connectivity index (χ0n) is 13.2. The fraction of sp³-hybridized carbons (Fsp3) is 0.500. The van der Waals surface area contributed by atoms with Gasteiger partial charge in [0.1, 0.15) is 0 Å². The molecule has 0 spiro atoms. The molecule has 0 amide bonds. The van der Waals surface area contributed by atoms with Gasteiger partial charge < -0.3 is 9.26 Å². The van der Waals surface area contributed by atoms with Crippen LogP contribution in [0.3, 0.4) is 0 Å². The van der Waals surface area contributed by atoms with E-state index in [2.05, 4.69) is 26.0 Å². The van der Waals surface area contributed by atoms with Crippen LogP contribution in [0.4, 0.5) is 0 Å². The molecule has 3 heterocycles. The SMILES string of the molecule is COc1ccc(CN2CCN(Cc3cc(C)no3)CC2)cn1. The molecule has 2 aromatic heterocycles. The minimum atomic E-state index is 0.663. The van der Waals surface area contributed by atoms with E-state index in [1.807, 2.05) is 25.3 Å². The van der Waals surface area contributed by atoms with Gasteiger partial charge in [-0.15, -0.1) is 0 Å². The predicted molar refractivity (Wildman–Crippen MR) is 82.6 cm³/mol. The van der Waals surface area contributed by atoms with Gasteiger partial charge >= 0.3 is 0 Å². The first-order valence-electron chi connectivity index (χ1n) is 7.59. The topological polar surface area (TPSA) is 54.6 Å². The highest BCUT2D eigenvalue weighted by atomic mass is 16.5. The van der Waals surface area contributed by atoms with Crippen molar-refractivity contribution in [1.82, 2.24) is 19.9 Å². The number of aromatic nitrogens is 2. The fourth-order valence-electron chi connectivity index (χ4n) is 2.70. The van der Waals surface area contributed by atoms with Crippen molar-refractivity contribution in [2.24, 2.45) is 0 Å². The van der Waals surface area contributed by atoms with E-state index in [1.54, 1.807) is 7.11 Å². The summed E-state index contributed by atoms with van der Waals surface area (Å²) in [5.74, 6) is 1.61. The molecule has 0 aromatic carbocycles. The first-order valence-corrected chi connectivity index (χ1v) is 7.59. The van der Waals surface area contributed by atoms with Crippen LogP contribution in [-0.4, -0.2) is 53.2 Å². The maximum absolute atomic E-state index is 5.29. The summed E-state index contributed by atoms with van der Waals surface area (Å²) in [4.78, 5) is 9.11. The molecule has 0 radical (unpaired) electrons. The largest absolute Gasteiger partial charge is 0.481 e. The summed E-state index contributed by atoms with van der Waals surface area (Å²) in [6.45, 7) is 7.93. The number of aryl methyl sites for hydroxylation is 1. The predicted octanol–water partition coefficient (Wildman–Crippen LogP) is 1.70. The molecule has 118 valence electrons. The van der Waals surface area contributed by atoms with Crippen LogP contribution in [0.25, 0.3) is 0 Å². The third-order valence-electron chi connectivity index (χ3n) is 3.93. The number of piperazine rings is 1. The van der Waals surface area contributed by atoms with Gasteiger partial charge in [-0.3, -0.25) is 9.80 Å². The van der Waals surface area contributed by atoms with Crippen LogP contribution in [0, 0.1) is 6.92 Å². The second-order valence-electron chi connectivity index (χ2n) is 5.70. The molecule has 6 nitrogen and oxygen atoms in total. The van der Waals surface area contributed by atoms with Crippen molar-refractivity contribution in [2.75, 3.05) is 33.3 Å². The molecule has 0 atom stereocenters. The third kappa shape index (κ3) is 3.84. The first-order chi connectivity index (χ1) is 10.7. The Bertz CT molecular complexity index is 588. The van der Waals surface area contributed by atoms with Gasteiger partial charge in [-0.25, -0.2) is 4.98 Å². The lowest BCUT2D eigenvalue weighted by atomic mass is 10.2. The molecule has 1 aliphatic rings. The molecule has 1 saturated heterocycles. The van der Waals surface area contributed by atoms with Crippen molar-refractivity contribution in [2.45, 2.75) is 20.0 Å². The van der Waals surface area contributed by atoms with Gasteiger partial charge in [0.15, 0.2) is 5.76 Å². The average molecular weight is 302 g/mol. The summed E-state index contributed by atoms with van der Waals surface area (Å²) in [6, 6.07) is 6.00. The van der Waals surface area contributed by atoms with Crippen molar-refractivity contribution < 1.29 is 9.26 Å². The number of hydrogen-bond donors (Lipinski definition) is 0. The van der Waals surface area contributed by atoms with E-state index in [9.17, 15) is 0 Å². The molecule has 22 heavy (non-hydrogen) atoms. The number of ether oxygens (including phenoxy) is 1. The molecule has 0 saturated carbocycles. The van der Waals surface area contributed by atoms with Gasteiger partial charge in [0, 0.05) is 51.1 Å². The summed E-state index contributed by atoms with van der Waals surface area (Å²) >= 11 is 0. The van der Waals surface area contributed by atoms with Gasteiger partial charge in [0.05, 0.1) is 19.3 Å². The standard InChI is InChI=1S/C16H22N4O2/c1-13-9-15(22-18-13)12-20-7-5-19(6-8-20)11-14-3-4-16(21-2)17-10-14/h3-4,9-10H,5-8,11-12H2,1-2H3.